The maximum atomic E-state index is 12.5. The lowest BCUT2D eigenvalue weighted by Crippen LogP contribution is -1.91. The largest absolute Gasteiger partial charge is 0.457 e. The second kappa shape index (κ2) is 4.57. The first-order chi connectivity index (χ1) is 7.75. The van der Waals surface area contributed by atoms with Crippen molar-refractivity contribution in [3.63, 3.8) is 0 Å². The monoisotopic (exact) mass is 216 g/mol. The predicted octanol–water partition coefficient (Wildman–Crippen LogP) is 3.59. The van der Waals surface area contributed by atoms with E-state index in [0.29, 0.717) is 11.5 Å². The molecule has 0 radical (unpaired) electrons. The Labute approximate surface area is 92.3 Å². The molecule has 0 aliphatic rings. The smallest absolute Gasteiger partial charge is 0.332 e. The van der Waals surface area contributed by atoms with Crippen molar-refractivity contribution in [1.29, 1.82) is 0 Å². The fourth-order valence-corrected chi connectivity index (χ4v) is 1.31. The Kier molecular flexibility index (Phi) is 2.96. The zero-order chi connectivity index (χ0) is 11.4. The summed E-state index contributed by atoms with van der Waals surface area (Å²) in [7, 11) is 0. The van der Waals surface area contributed by atoms with Crippen LogP contribution in [0.25, 0.3) is 0 Å². The Hall–Kier alpha value is -2.16. The summed E-state index contributed by atoms with van der Waals surface area (Å²) in [6.45, 7) is 0. The van der Waals surface area contributed by atoms with Gasteiger partial charge in [0.1, 0.15) is 11.5 Å². The summed E-state index contributed by atoms with van der Waals surface area (Å²) in [4.78, 5) is 10.5. The molecule has 0 atom stereocenters. The number of ether oxygens (including phenoxy) is 1. The van der Waals surface area contributed by atoms with Crippen molar-refractivity contribution in [3.05, 3.63) is 60.2 Å². The molecule has 0 spiro atoms. The second-order valence-corrected chi connectivity index (χ2v) is 3.22. The minimum atomic E-state index is -1.46. The molecular formula is C13H9FO2. The summed E-state index contributed by atoms with van der Waals surface area (Å²) in [6, 6.07) is 13.7. The van der Waals surface area contributed by atoms with Crippen LogP contribution in [0.5, 0.6) is 11.5 Å². The van der Waals surface area contributed by atoms with Crippen molar-refractivity contribution in [2.24, 2.45) is 0 Å². The van der Waals surface area contributed by atoms with Gasteiger partial charge < -0.3 is 4.74 Å². The van der Waals surface area contributed by atoms with Crippen molar-refractivity contribution in [1.82, 2.24) is 0 Å². The van der Waals surface area contributed by atoms with Crippen molar-refractivity contribution < 1.29 is 13.9 Å². The van der Waals surface area contributed by atoms with Crippen LogP contribution in [-0.2, 0) is 0 Å². The minimum absolute atomic E-state index is 0.00608. The fraction of sp³-hybridized carbons (Fsp3) is 0. The van der Waals surface area contributed by atoms with Crippen LogP contribution >= 0.6 is 0 Å². The number of carbonyl (C=O) groups excluding carboxylic acids is 1. The summed E-state index contributed by atoms with van der Waals surface area (Å²) < 4.78 is 17.9. The van der Waals surface area contributed by atoms with Crippen LogP contribution in [-0.4, -0.2) is 6.04 Å². The molecule has 80 valence electrons. The molecule has 0 aliphatic heterocycles. The number of para-hydroxylation sites is 1. The molecule has 0 fully saturated rings. The van der Waals surface area contributed by atoms with Crippen molar-refractivity contribution in [3.8, 4) is 11.5 Å². The van der Waals surface area contributed by atoms with E-state index in [1.165, 1.54) is 12.1 Å². The molecule has 2 aromatic rings. The first-order valence-corrected chi connectivity index (χ1v) is 4.78. The highest BCUT2D eigenvalue weighted by atomic mass is 19.1. The highest BCUT2D eigenvalue weighted by Gasteiger charge is 2.04. The quantitative estimate of drug-likeness (QED) is 0.733. The van der Waals surface area contributed by atoms with Gasteiger partial charge in [-0.15, -0.1) is 0 Å². The van der Waals surface area contributed by atoms with Crippen LogP contribution in [0.1, 0.15) is 10.4 Å². The van der Waals surface area contributed by atoms with E-state index in [-0.39, 0.29) is 5.56 Å². The van der Waals surface area contributed by atoms with E-state index < -0.39 is 6.04 Å². The van der Waals surface area contributed by atoms with Crippen molar-refractivity contribution in [2.45, 2.75) is 0 Å². The Morgan fingerprint density at radius 2 is 1.62 bits per heavy atom. The van der Waals surface area contributed by atoms with Gasteiger partial charge in [0, 0.05) is 0 Å². The van der Waals surface area contributed by atoms with Crippen LogP contribution in [0.2, 0.25) is 0 Å². The van der Waals surface area contributed by atoms with Gasteiger partial charge in [0.25, 0.3) is 0 Å². The molecule has 2 rings (SSSR count). The van der Waals surface area contributed by atoms with Gasteiger partial charge >= 0.3 is 6.04 Å². The van der Waals surface area contributed by atoms with Gasteiger partial charge in [-0.1, -0.05) is 24.3 Å². The zero-order valence-corrected chi connectivity index (χ0v) is 8.39. The highest BCUT2D eigenvalue weighted by molar-refractivity contribution is 5.88. The number of hydrogen-bond acceptors (Lipinski definition) is 2. The molecular weight excluding hydrogens is 207 g/mol. The molecule has 0 N–H and O–H groups in total. The molecule has 0 amide bonds. The first-order valence-electron chi connectivity index (χ1n) is 4.78. The summed E-state index contributed by atoms with van der Waals surface area (Å²) in [5.41, 5.74) is -0.00608. The molecule has 3 heteroatoms. The molecule has 0 saturated heterocycles. The van der Waals surface area contributed by atoms with E-state index in [1.54, 1.807) is 24.3 Å². The maximum absolute atomic E-state index is 12.5. The molecule has 16 heavy (non-hydrogen) atoms. The number of halogens is 1. The van der Waals surface area contributed by atoms with Crippen LogP contribution in [0.3, 0.4) is 0 Å². The van der Waals surface area contributed by atoms with E-state index in [4.69, 9.17) is 4.74 Å². The number of hydrogen-bond donors (Lipinski definition) is 0. The van der Waals surface area contributed by atoms with Gasteiger partial charge in [0.2, 0.25) is 0 Å². The summed E-state index contributed by atoms with van der Waals surface area (Å²) in [6.07, 6.45) is 0. The lowest BCUT2D eigenvalue weighted by molar-refractivity contribution is 0.0835. The third-order valence-corrected chi connectivity index (χ3v) is 2.04. The van der Waals surface area contributed by atoms with E-state index in [0.717, 1.165) is 0 Å². The number of rotatable bonds is 3. The molecule has 0 aromatic heterocycles. The Morgan fingerprint density at radius 1 is 0.938 bits per heavy atom. The topological polar surface area (TPSA) is 26.3 Å². The van der Waals surface area contributed by atoms with Crippen LogP contribution in [0.4, 0.5) is 4.39 Å². The van der Waals surface area contributed by atoms with Crippen molar-refractivity contribution >= 4 is 6.04 Å². The lowest BCUT2D eigenvalue weighted by Gasteiger charge is -2.05. The lowest BCUT2D eigenvalue weighted by atomic mass is 10.2. The summed E-state index contributed by atoms with van der Waals surface area (Å²) >= 11 is 0. The Morgan fingerprint density at radius 3 is 2.31 bits per heavy atom. The molecule has 0 bridgehead atoms. The average Bonchev–Trinajstić information content (AvgIpc) is 2.30. The standard InChI is InChI=1S/C13H9FO2/c14-13(15)10-5-4-8-12(9-10)16-11-6-2-1-3-7-11/h1-9H. The normalized spacial score (nSPS) is 9.81. The summed E-state index contributed by atoms with van der Waals surface area (Å²) in [5, 5.41) is 0. The predicted molar refractivity (Wildman–Crippen MR) is 58.4 cm³/mol. The number of carbonyl (C=O) groups is 1. The number of benzene rings is 2. The molecule has 0 saturated carbocycles. The Balaban J connectivity index is 2.22. The third-order valence-electron chi connectivity index (χ3n) is 2.04. The minimum Gasteiger partial charge on any atom is -0.457 e. The molecule has 0 heterocycles. The zero-order valence-electron chi connectivity index (χ0n) is 8.39. The van der Waals surface area contributed by atoms with Gasteiger partial charge in [-0.25, -0.2) is 0 Å². The molecule has 2 aromatic carbocycles. The van der Waals surface area contributed by atoms with E-state index in [1.807, 2.05) is 18.2 Å². The first kappa shape index (κ1) is 10.4. The van der Waals surface area contributed by atoms with Gasteiger partial charge in [-0.2, -0.15) is 4.39 Å². The van der Waals surface area contributed by atoms with E-state index in [9.17, 15) is 9.18 Å². The summed E-state index contributed by atoms with van der Waals surface area (Å²) in [5.74, 6) is 1.08. The van der Waals surface area contributed by atoms with Crippen LogP contribution in [0, 0.1) is 0 Å². The van der Waals surface area contributed by atoms with E-state index >= 15 is 0 Å². The third kappa shape index (κ3) is 2.45. The van der Waals surface area contributed by atoms with Crippen molar-refractivity contribution in [2.75, 3.05) is 0 Å². The van der Waals surface area contributed by atoms with Crippen LogP contribution < -0.4 is 4.74 Å². The van der Waals surface area contributed by atoms with Gasteiger partial charge in [-0.3, -0.25) is 4.79 Å². The van der Waals surface area contributed by atoms with Crippen LogP contribution in [0.15, 0.2) is 54.6 Å². The van der Waals surface area contributed by atoms with Gasteiger partial charge in [-0.05, 0) is 30.3 Å². The van der Waals surface area contributed by atoms with E-state index in [2.05, 4.69) is 0 Å². The highest BCUT2D eigenvalue weighted by Crippen LogP contribution is 2.21. The maximum Gasteiger partial charge on any atom is 0.332 e. The Bertz CT molecular complexity index is 494. The SMILES string of the molecule is O=C(F)c1cccc(Oc2ccccc2)c1. The molecule has 0 unspecified atom stereocenters. The molecule has 2 nitrogen and oxygen atoms in total. The average molecular weight is 216 g/mol. The van der Waals surface area contributed by atoms with Gasteiger partial charge in [0.05, 0.1) is 5.56 Å². The van der Waals surface area contributed by atoms with Gasteiger partial charge in [0.15, 0.2) is 0 Å². The molecule has 0 aliphatic carbocycles. The second-order valence-electron chi connectivity index (χ2n) is 3.22. The fourth-order valence-electron chi connectivity index (χ4n) is 1.31.